The van der Waals surface area contributed by atoms with Gasteiger partial charge in [0.15, 0.2) is 0 Å². The summed E-state index contributed by atoms with van der Waals surface area (Å²) in [4.78, 5) is 0. The second-order valence-electron chi connectivity index (χ2n) is 3.25. The van der Waals surface area contributed by atoms with Crippen molar-refractivity contribution in [1.29, 1.82) is 4.78 Å². The molecule has 3 heteroatoms. The van der Waals surface area contributed by atoms with Crippen molar-refractivity contribution in [3.63, 3.8) is 0 Å². The van der Waals surface area contributed by atoms with Gasteiger partial charge in [0.05, 0.1) is 0 Å². The van der Waals surface area contributed by atoms with Gasteiger partial charge >= 0.3 is 0 Å². The molecule has 2 nitrogen and oxygen atoms in total. The van der Waals surface area contributed by atoms with Crippen LogP contribution in [0.15, 0.2) is 0 Å². The van der Waals surface area contributed by atoms with Crippen LogP contribution >= 0.6 is 0 Å². The Kier molecular flexibility index (Phi) is 2.04. The summed E-state index contributed by atoms with van der Waals surface area (Å²) in [6.45, 7) is 3.77. The van der Waals surface area contributed by atoms with E-state index in [4.69, 9.17) is 4.78 Å². The minimum Gasteiger partial charge on any atom is -0.252 e. The van der Waals surface area contributed by atoms with Gasteiger partial charge in [0.1, 0.15) is 0 Å². The maximum Gasteiger partial charge on any atom is 0.0494 e. The molecule has 1 aliphatic carbocycles. The first kappa shape index (κ1) is 8.05. The molecule has 60 valence electrons. The van der Waals surface area contributed by atoms with Crippen molar-refractivity contribution in [2.45, 2.75) is 43.6 Å². The Balaban J connectivity index is 2.68. The van der Waals surface area contributed by atoms with E-state index in [2.05, 4.69) is 0 Å². The molecular weight excluding hydrogens is 146 g/mol. The lowest BCUT2D eigenvalue weighted by Gasteiger charge is -2.29. The largest absolute Gasteiger partial charge is 0.252 e. The van der Waals surface area contributed by atoms with E-state index >= 15 is 0 Å². The van der Waals surface area contributed by atoms with Crippen LogP contribution in [0.5, 0.6) is 0 Å². The Morgan fingerprint density at radius 2 is 2.00 bits per heavy atom. The van der Waals surface area contributed by atoms with Gasteiger partial charge in [-0.2, -0.15) is 0 Å². The van der Waals surface area contributed by atoms with Crippen LogP contribution in [-0.2, 0) is 9.73 Å². The fraction of sp³-hybridized carbons (Fsp3) is 1.00. The quantitative estimate of drug-likeness (QED) is 0.661. The van der Waals surface area contributed by atoms with Crippen molar-refractivity contribution in [2.75, 3.05) is 0 Å². The summed E-state index contributed by atoms with van der Waals surface area (Å²) >= 11 is 0. The number of hydrogen-bond donors (Lipinski definition) is 1. The maximum absolute atomic E-state index is 11.5. The molecule has 0 amide bonds. The van der Waals surface area contributed by atoms with Gasteiger partial charge in [-0.05, 0) is 12.8 Å². The monoisotopic (exact) mass is 161 g/mol. The van der Waals surface area contributed by atoms with Crippen molar-refractivity contribution in [1.82, 2.24) is 0 Å². The van der Waals surface area contributed by atoms with Gasteiger partial charge in [-0.15, -0.1) is 0 Å². The molecule has 0 aromatic carbocycles. The molecule has 0 spiro atoms. The van der Waals surface area contributed by atoms with Gasteiger partial charge in [0.25, 0.3) is 0 Å². The number of hydrogen-bond acceptors (Lipinski definition) is 2. The molecule has 1 aliphatic rings. The molecule has 1 fully saturated rings. The molecule has 0 aromatic heterocycles. The molecule has 1 N–H and O–H groups in total. The summed E-state index contributed by atoms with van der Waals surface area (Å²) in [6.07, 6.45) is 3.20. The van der Waals surface area contributed by atoms with Gasteiger partial charge in [0.2, 0.25) is 0 Å². The van der Waals surface area contributed by atoms with E-state index in [9.17, 15) is 4.21 Å². The predicted octanol–water partition coefficient (Wildman–Crippen LogP) is 1.99. The molecule has 10 heavy (non-hydrogen) atoms. The second-order valence-corrected chi connectivity index (χ2v) is 6.15. The van der Waals surface area contributed by atoms with Crippen molar-refractivity contribution >= 4 is 9.73 Å². The topological polar surface area (TPSA) is 40.9 Å². The highest BCUT2D eigenvalue weighted by Crippen LogP contribution is 2.29. The zero-order valence-electron chi connectivity index (χ0n) is 6.59. The van der Waals surface area contributed by atoms with Gasteiger partial charge in [-0.25, -0.2) is 4.21 Å². The van der Waals surface area contributed by atoms with E-state index in [1.165, 1.54) is 6.42 Å². The molecule has 1 unspecified atom stereocenters. The summed E-state index contributed by atoms with van der Waals surface area (Å²) in [7, 11) is -2.24. The molecule has 0 bridgehead atoms. The molecule has 0 saturated heterocycles. The smallest absolute Gasteiger partial charge is 0.0494 e. The minimum absolute atomic E-state index is 0.0396. The Bertz CT molecular complexity index is 202. The average Bonchev–Trinajstić information content (AvgIpc) is 1.57. The summed E-state index contributed by atoms with van der Waals surface area (Å²) in [6, 6.07) is 0. The summed E-state index contributed by atoms with van der Waals surface area (Å²) in [5, 5.41) is 0.255. The van der Waals surface area contributed by atoms with Crippen LogP contribution in [0.3, 0.4) is 0 Å². The second kappa shape index (κ2) is 2.53. The summed E-state index contributed by atoms with van der Waals surface area (Å²) in [5.74, 6) is 0. The van der Waals surface area contributed by atoms with E-state index in [0.717, 1.165) is 12.8 Å². The molecule has 0 aromatic rings. The molecule has 0 radical (unpaired) electrons. The molecular formula is C7H15NOS. The minimum atomic E-state index is -2.24. The third kappa shape index (κ3) is 1.19. The SMILES string of the molecule is CC(C)S(=N)(=O)C1CCC1. The fourth-order valence-corrected chi connectivity index (χ4v) is 2.91. The Labute approximate surface area is 63.0 Å². The zero-order chi connectivity index (χ0) is 7.78. The van der Waals surface area contributed by atoms with E-state index in [-0.39, 0.29) is 10.5 Å². The third-order valence-electron chi connectivity index (χ3n) is 2.25. The lowest BCUT2D eigenvalue weighted by atomic mass is 10.00. The highest BCUT2D eigenvalue weighted by atomic mass is 32.2. The number of rotatable bonds is 2. The summed E-state index contributed by atoms with van der Waals surface area (Å²) in [5.41, 5.74) is 0. The fourth-order valence-electron chi connectivity index (χ4n) is 1.11. The van der Waals surface area contributed by atoms with Crippen LogP contribution in [0.25, 0.3) is 0 Å². The van der Waals surface area contributed by atoms with Crippen LogP contribution in [0.2, 0.25) is 0 Å². The van der Waals surface area contributed by atoms with Gasteiger partial charge in [-0.1, -0.05) is 20.3 Å². The number of nitrogens with one attached hydrogen (secondary N) is 1. The van der Waals surface area contributed by atoms with Crippen molar-refractivity contribution in [2.24, 2.45) is 0 Å². The zero-order valence-corrected chi connectivity index (χ0v) is 7.41. The lowest BCUT2D eigenvalue weighted by Crippen LogP contribution is -2.32. The van der Waals surface area contributed by atoms with Crippen LogP contribution in [0.1, 0.15) is 33.1 Å². The molecule has 1 saturated carbocycles. The normalized spacial score (nSPS) is 25.9. The predicted molar refractivity (Wildman–Crippen MR) is 43.6 cm³/mol. The van der Waals surface area contributed by atoms with Crippen LogP contribution in [-0.4, -0.2) is 14.7 Å². The van der Waals surface area contributed by atoms with Crippen LogP contribution < -0.4 is 0 Å². The molecule has 0 heterocycles. The first-order valence-corrected chi connectivity index (χ1v) is 5.50. The lowest BCUT2D eigenvalue weighted by molar-refractivity contribution is 0.497. The molecule has 0 aliphatic heterocycles. The molecule has 1 atom stereocenters. The third-order valence-corrected chi connectivity index (χ3v) is 5.11. The maximum atomic E-state index is 11.5. The first-order chi connectivity index (χ1) is 4.55. The van der Waals surface area contributed by atoms with Gasteiger partial charge < -0.3 is 0 Å². The van der Waals surface area contributed by atoms with Crippen LogP contribution in [0.4, 0.5) is 0 Å². The highest BCUT2D eigenvalue weighted by molar-refractivity contribution is 7.93. The average molecular weight is 161 g/mol. The van der Waals surface area contributed by atoms with Crippen molar-refractivity contribution < 1.29 is 4.21 Å². The van der Waals surface area contributed by atoms with E-state index < -0.39 is 9.73 Å². The van der Waals surface area contributed by atoms with Gasteiger partial charge in [0, 0.05) is 20.2 Å². The van der Waals surface area contributed by atoms with E-state index in [1.807, 2.05) is 13.8 Å². The van der Waals surface area contributed by atoms with Gasteiger partial charge in [-0.3, -0.25) is 4.78 Å². The summed E-state index contributed by atoms with van der Waals surface area (Å²) < 4.78 is 19.1. The highest BCUT2D eigenvalue weighted by Gasteiger charge is 2.29. The van der Waals surface area contributed by atoms with E-state index in [1.54, 1.807) is 0 Å². The molecule has 1 rings (SSSR count). The Morgan fingerprint density at radius 3 is 2.10 bits per heavy atom. The Morgan fingerprint density at radius 1 is 1.50 bits per heavy atom. The standard InChI is InChI=1S/C7H15NOS/c1-6(2)10(8,9)7-4-3-5-7/h6-8H,3-5H2,1-2H3. The Hall–Kier alpha value is -0.0500. The van der Waals surface area contributed by atoms with E-state index in [0.29, 0.717) is 0 Å². The first-order valence-electron chi connectivity index (χ1n) is 3.81. The van der Waals surface area contributed by atoms with Crippen molar-refractivity contribution in [3.05, 3.63) is 0 Å². The van der Waals surface area contributed by atoms with Crippen molar-refractivity contribution in [3.8, 4) is 0 Å². The van der Waals surface area contributed by atoms with Crippen LogP contribution in [0, 0.1) is 4.78 Å².